The zero-order valence-electron chi connectivity index (χ0n) is 9.03. The van der Waals surface area contributed by atoms with Crippen molar-refractivity contribution < 1.29 is 23.0 Å². The first-order valence-electron chi connectivity index (χ1n) is 4.99. The van der Waals surface area contributed by atoms with Crippen molar-refractivity contribution in [2.45, 2.75) is 13.0 Å². The minimum Gasteiger partial charge on any atom is -0.406 e. The molecule has 1 aromatic heterocycles. The van der Waals surface area contributed by atoms with Gasteiger partial charge in [0.15, 0.2) is 0 Å². The summed E-state index contributed by atoms with van der Waals surface area (Å²) in [4.78, 5) is 0. The van der Waals surface area contributed by atoms with Crippen LogP contribution >= 0.6 is 0 Å². The molecule has 0 aliphatic rings. The molecule has 0 bridgehead atoms. The van der Waals surface area contributed by atoms with E-state index in [-0.39, 0.29) is 12.4 Å². The van der Waals surface area contributed by atoms with Crippen molar-refractivity contribution in [2.24, 2.45) is 0 Å². The van der Waals surface area contributed by atoms with Gasteiger partial charge in [0.25, 0.3) is 0 Å². The molecule has 2 aromatic rings. The summed E-state index contributed by atoms with van der Waals surface area (Å²) < 4.78 is 39.6. The van der Waals surface area contributed by atoms with Gasteiger partial charge in [-0.15, -0.1) is 13.2 Å². The minimum absolute atomic E-state index is 0.226. The molecule has 0 radical (unpaired) electrons. The number of halogens is 3. The first kappa shape index (κ1) is 12.4. The van der Waals surface area contributed by atoms with E-state index < -0.39 is 6.36 Å². The maximum absolute atomic E-state index is 12.0. The normalized spacial score (nSPS) is 11.6. The van der Waals surface area contributed by atoms with E-state index in [4.69, 9.17) is 5.11 Å². The summed E-state index contributed by atoms with van der Waals surface area (Å²) in [6.45, 7) is -0.226. The standard InChI is InChI=1S/C11H9F3N2O2/c12-11(13,14)18-8-3-1-7(2-4-8)9-5-15-16-10(9)6-17/h1-5,17H,6H2,(H,15,16). The number of nitrogens with zero attached hydrogens (tertiary/aromatic N) is 1. The van der Waals surface area contributed by atoms with Gasteiger partial charge in [0.05, 0.1) is 18.5 Å². The highest BCUT2D eigenvalue weighted by molar-refractivity contribution is 5.65. The van der Waals surface area contributed by atoms with Crippen LogP contribution < -0.4 is 4.74 Å². The first-order valence-corrected chi connectivity index (χ1v) is 4.99. The molecule has 18 heavy (non-hydrogen) atoms. The summed E-state index contributed by atoms with van der Waals surface area (Å²) >= 11 is 0. The van der Waals surface area contributed by atoms with E-state index in [1.807, 2.05) is 0 Å². The molecular formula is C11H9F3N2O2. The van der Waals surface area contributed by atoms with Gasteiger partial charge in [-0.3, -0.25) is 5.10 Å². The summed E-state index contributed by atoms with van der Waals surface area (Å²) in [6, 6.07) is 5.34. The maximum Gasteiger partial charge on any atom is 0.573 e. The third-order valence-corrected chi connectivity index (χ3v) is 2.28. The molecule has 1 aromatic carbocycles. The van der Waals surface area contributed by atoms with Crippen LogP contribution in [0.3, 0.4) is 0 Å². The highest BCUT2D eigenvalue weighted by atomic mass is 19.4. The molecule has 2 N–H and O–H groups in total. The topological polar surface area (TPSA) is 58.1 Å². The highest BCUT2D eigenvalue weighted by Crippen LogP contribution is 2.27. The summed E-state index contributed by atoms with van der Waals surface area (Å²) in [5.74, 6) is -0.291. The Kier molecular flexibility index (Phi) is 3.24. The molecule has 2 rings (SSSR count). The van der Waals surface area contributed by atoms with Crippen LogP contribution in [-0.2, 0) is 6.61 Å². The molecule has 1 heterocycles. The number of ether oxygens (including phenoxy) is 1. The summed E-state index contributed by atoms with van der Waals surface area (Å²) in [6.07, 6.45) is -3.21. The van der Waals surface area contributed by atoms with Crippen LogP contribution in [0.5, 0.6) is 5.75 Å². The van der Waals surface area contributed by atoms with E-state index in [1.165, 1.54) is 30.5 Å². The molecule has 0 saturated carbocycles. The molecule has 0 spiro atoms. The zero-order valence-corrected chi connectivity index (χ0v) is 9.03. The molecule has 96 valence electrons. The van der Waals surface area contributed by atoms with Crippen molar-refractivity contribution in [3.05, 3.63) is 36.2 Å². The molecule has 0 aliphatic heterocycles. The number of H-pyrrole nitrogens is 1. The fourth-order valence-electron chi connectivity index (χ4n) is 1.52. The molecular weight excluding hydrogens is 249 g/mol. The summed E-state index contributed by atoms with van der Waals surface area (Å²) in [7, 11) is 0. The van der Waals surface area contributed by atoms with Gasteiger partial charge in [-0.05, 0) is 17.7 Å². The van der Waals surface area contributed by atoms with Gasteiger partial charge in [0.1, 0.15) is 5.75 Å². The molecule has 4 nitrogen and oxygen atoms in total. The average molecular weight is 258 g/mol. The number of aliphatic hydroxyl groups excluding tert-OH is 1. The van der Waals surface area contributed by atoms with Crippen LogP contribution in [0.1, 0.15) is 5.69 Å². The monoisotopic (exact) mass is 258 g/mol. The van der Waals surface area contributed by atoms with Crippen molar-refractivity contribution in [1.29, 1.82) is 0 Å². The predicted octanol–water partition coefficient (Wildman–Crippen LogP) is 2.47. The number of aromatic nitrogens is 2. The second-order valence-corrected chi connectivity index (χ2v) is 3.49. The predicted molar refractivity (Wildman–Crippen MR) is 56.6 cm³/mol. The van der Waals surface area contributed by atoms with Crippen molar-refractivity contribution in [3.63, 3.8) is 0 Å². The number of aromatic amines is 1. The van der Waals surface area contributed by atoms with Gasteiger partial charge in [-0.1, -0.05) is 12.1 Å². The Labute approximate surface area is 100 Å². The average Bonchev–Trinajstić information content (AvgIpc) is 2.76. The Morgan fingerprint density at radius 3 is 2.44 bits per heavy atom. The Bertz CT molecular complexity index is 520. The number of hydrogen-bond donors (Lipinski definition) is 2. The third kappa shape index (κ3) is 2.80. The van der Waals surface area contributed by atoms with Gasteiger partial charge >= 0.3 is 6.36 Å². The van der Waals surface area contributed by atoms with E-state index >= 15 is 0 Å². The number of hydrogen-bond acceptors (Lipinski definition) is 3. The number of aliphatic hydroxyl groups is 1. The number of nitrogens with one attached hydrogen (secondary N) is 1. The number of alkyl halides is 3. The van der Waals surface area contributed by atoms with Crippen molar-refractivity contribution >= 4 is 0 Å². The Morgan fingerprint density at radius 1 is 1.22 bits per heavy atom. The van der Waals surface area contributed by atoms with E-state index in [1.54, 1.807) is 0 Å². The molecule has 0 saturated heterocycles. The first-order chi connectivity index (χ1) is 8.49. The van der Waals surface area contributed by atoms with Gasteiger partial charge in [-0.25, -0.2) is 0 Å². The van der Waals surface area contributed by atoms with E-state index in [0.717, 1.165) is 0 Å². The summed E-state index contributed by atoms with van der Waals surface area (Å²) in [5, 5.41) is 15.4. The smallest absolute Gasteiger partial charge is 0.406 e. The molecule has 0 amide bonds. The quantitative estimate of drug-likeness (QED) is 0.889. The summed E-state index contributed by atoms with van der Waals surface area (Å²) in [5.41, 5.74) is 1.78. The fraction of sp³-hybridized carbons (Fsp3) is 0.182. The Morgan fingerprint density at radius 2 is 1.89 bits per heavy atom. The van der Waals surface area contributed by atoms with Crippen LogP contribution in [0.15, 0.2) is 30.5 Å². The van der Waals surface area contributed by atoms with Gasteiger partial charge in [0.2, 0.25) is 0 Å². The van der Waals surface area contributed by atoms with Crippen LogP contribution in [0.25, 0.3) is 11.1 Å². The Hall–Kier alpha value is -2.02. The van der Waals surface area contributed by atoms with Gasteiger partial charge in [-0.2, -0.15) is 5.10 Å². The van der Waals surface area contributed by atoms with E-state index in [2.05, 4.69) is 14.9 Å². The van der Waals surface area contributed by atoms with Gasteiger partial charge < -0.3 is 9.84 Å². The van der Waals surface area contributed by atoms with Crippen molar-refractivity contribution in [3.8, 4) is 16.9 Å². The Balaban J connectivity index is 2.23. The van der Waals surface area contributed by atoms with Crippen molar-refractivity contribution in [2.75, 3.05) is 0 Å². The van der Waals surface area contributed by atoms with Crippen molar-refractivity contribution in [1.82, 2.24) is 10.2 Å². The molecule has 0 fully saturated rings. The second kappa shape index (κ2) is 4.69. The molecule has 0 atom stereocenters. The number of benzene rings is 1. The fourth-order valence-corrected chi connectivity index (χ4v) is 1.52. The molecule has 0 aliphatic carbocycles. The minimum atomic E-state index is -4.70. The third-order valence-electron chi connectivity index (χ3n) is 2.28. The lowest BCUT2D eigenvalue weighted by atomic mass is 10.1. The van der Waals surface area contributed by atoms with E-state index in [9.17, 15) is 13.2 Å². The van der Waals surface area contributed by atoms with E-state index in [0.29, 0.717) is 16.8 Å². The highest BCUT2D eigenvalue weighted by Gasteiger charge is 2.30. The molecule has 7 heteroatoms. The second-order valence-electron chi connectivity index (χ2n) is 3.49. The van der Waals surface area contributed by atoms with Crippen LogP contribution in [0.2, 0.25) is 0 Å². The SMILES string of the molecule is OCc1[nH]ncc1-c1ccc(OC(F)(F)F)cc1. The maximum atomic E-state index is 12.0. The van der Waals surface area contributed by atoms with Crippen LogP contribution in [0, 0.1) is 0 Å². The lowest BCUT2D eigenvalue weighted by Crippen LogP contribution is -2.16. The largest absolute Gasteiger partial charge is 0.573 e. The molecule has 0 unspecified atom stereocenters. The van der Waals surface area contributed by atoms with Gasteiger partial charge in [0, 0.05) is 5.56 Å². The lowest BCUT2D eigenvalue weighted by Gasteiger charge is -2.09. The zero-order chi connectivity index (χ0) is 13.2. The lowest BCUT2D eigenvalue weighted by molar-refractivity contribution is -0.274. The van der Waals surface area contributed by atoms with Crippen LogP contribution in [-0.4, -0.2) is 21.7 Å². The van der Waals surface area contributed by atoms with Crippen LogP contribution in [0.4, 0.5) is 13.2 Å². The number of rotatable bonds is 3.